The molecule has 1 aliphatic rings. The van der Waals surface area contributed by atoms with E-state index in [1.54, 1.807) is 0 Å². The fraction of sp³-hybridized carbons (Fsp3) is 0.265. The maximum Gasteiger partial charge on any atom is 0.131 e. The summed E-state index contributed by atoms with van der Waals surface area (Å²) in [4.78, 5) is 0. The maximum atomic E-state index is 6.79. The molecule has 0 amide bonds. The Morgan fingerprint density at radius 3 is 1.23 bits per heavy atom. The van der Waals surface area contributed by atoms with Gasteiger partial charge >= 0.3 is 0 Å². The van der Waals surface area contributed by atoms with Gasteiger partial charge in [-0.15, -0.1) is 0 Å². The highest BCUT2D eigenvalue weighted by Gasteiger charge is 2.47. The molecule has 270 valence electrons. The van der Waals surface area contributed by atoms with Gasteiger partial charge in [0.05, 0.1) is 5.41 Å². The summed E-state index contributed by atoms with van der Waals surface area (Å²) in [5, 5.41) is 0. The molecule has 0 bridgehead atoms. The van der Waals surface area contributed by atoms with Crippen LogP contribution >= 0.6 is 0 Å². The third-order valence-electron chi connectivity index (χ3n) is 10.8. The van der Waals surface area contributed by atoms with Crippen LogP contribution < -0.4 is 20.9 Å². The van der Waals surface area contributed by atoms with Crippen LogP contribution in [0.15, 0.2) is 121 Å². The summed E-state index contributed by atoms with van der Waals surface area (Å²) in [7, 11) is 0. The second-order valence-electron chi connectivity index (χ2n) is 16.4. The van der Waals surface area contributed by atoms with E-state index in [1.165, 1.54) is 33.4 Å². The highest BCUT2D eigenvalue weighted by molar-refractivity contribution is 5.86. The van der Waals surface area contributed by atoms with E-state index in [0.29, 0.717) is 0 Å². The van der Waals surface area contributed by atoms with E-state index in [1.807, 2.05) is 36.4 Å². The predicted octanol–water partition coefficient (Wildman–Crippen LogP) is 12.5. The van der Waals surface area contributed by atoms with Gasteiger partial charge in [0.1, 0.15) is 23.0 Å². The van der Waals surface area contributed by atoms with Crippen LogP contribution in [0.1, 0.15) is 99.9 Å². The zero-order chi connectivity index (χ0) is 37.7. The number of ether oxygens (including phenoxy) is 2. The van der Waals surface area contributed by atoms with Gasteiger partial charge in [-0.1, -0.05) is 116 Å². The van der Waals surface area contributed by atoms with E-state index >= 15 is 0 Å². The summed E-state index contributed by atoms with van der Waals surface area (Å²) in [5.41, 5.74) is 24.7. The predicted molar refractivity (Wildman–Crippen MR) is 222 cm³/mol. The van der Waals surface area contributed by atoms with Gasteiger partial charge in [-0.2, -0.15) is 0 Å². The molecule has 0 aliphatic heterocycles. The molecule has 4 heteroatoms. The third-order valence-corrected chi connectivity index (χ3v) is 10.8. The number of nitrogen functional groups attached to an aromatic ring is 2. The number of nitrogens with two attached hydrogens (primary N) is 2. The van der Waals surface area contributed by atoms with Crippen LogP contribution in [0.3, 0.4) is 0 Å². The molecular formula is C49H52N2O2. The molecule has 6 aromatic carbocycles. The first-order chi connectivity index (χ1) is 25.2. The molecule has 0 spiro atoms. The monoisotopic (exact) mass is 700 g/mol. The number of hydrogen-bond donors (Lipinski definition) is 2. The van der Waals surface area contributed by atoms with Gasteiger partial charge in [0.15, 0.2) is 0 Å². The molecule has 4 nitrogen and oxygen atoms in total. The van der Waals surface area contributed by atoms with Crippen LogP contribution in [-0.2, 0) is 29.1 Å². The van der Waals surface area contributed by atoms with Gasteiger partial charge < -0.3 is 20.9 Å². The fourth-order valence-corrected chi connectivity index (χ4v) is 8.09. The lowest BCUT2D eigenvalue weighted by atomic mass is 9.66. The van der Waals surface area contributed by atoms with Crippen LogP contribution in [0.4, 0.5) is 11.4 Å². The van der Waals surface area contributed by atoms with Crippen molar-refractivity contribution in [2.45, 2.75) is 84.5 Å². The number of aryl methyl sites for hydroxylation is 2. The van der Waals surface area contributed by atoms with E-state index in [2.05, 4.69) is 140 Å². The minimum atomic E-state index is -0.601. The van der Waals surface area contributed by atoms with Gasteiger partial charge in [-0.3, -0.25) is 0 Å². The Balaban J connectivity index is 1.49. The van der Waals surface area contributed by atoms with Crippen LogP contribution in [0, 0.1) is 0 Å². The molecule has 1 aliphatic carbocycles. The molecule has 0 aromatic heterocycles. The number of fused-ring (bicyclic) bond motifs is 3. The molecule has 7 rings (SSSR count). The minimum absolute atomic E-state index is 0.214. The average molecular weight is 701 g/mol. The molecule has 0 unspecified atom stereocenters. The van der Waals surface area contributed by atoms with E-state index < -0.39 is 5.41 Å². The van der Waals surface area contributed by atoms with Gasteiger partial charge in [0, 0.05) is 22.5 Å². The first kappa shape index (κ1) is 35.9. The summed E-state index contributed by atoms with van der Waals surface area (Å²) >= 11 is 0. The minimum Gasteiger partial charge on any atom is -0.457 e. The van der Waals surface area contributed by atoms with Gasteiger partial charge in [-0.05, 0) is 129 Å². The van der Waals surface area contributed by atoms with Crippen LogP contribution in [0.5, 0.6) is 23.0 Å². The Hall–Kier alpha value is -5.48. The molecular weight excluding hydrogens is 649 g/mol. The zero-order valence-electron chi connectivity index (χ0n) is 32.4. The lowest BCUT2D eigenvalue weighted by molar-refractivity contribution is 0.449. The first-order valence-electron chi connectivity index (χ1n) is 18.9. The lowest BCUT2D eigenvalue weighted by Gasteiger charge is -2.37. The summed E-state index contributed by atoms with van der Waals surface area (Å²) in [6, 6.07) is 43.3. The topological polar surface area (TPSA) is 70.5 Å². The Labute approximate surface area is 315 Å². The summed E-state index contributed by atoms with van der Waals surface area (Å²) in [5.74, 6) is 3.38. The van der Waals surface area contributed by atoms with Crippen molar-refractivity contribution < 1.29 is 9.47 Å². The molecule has 0 heterocycles. The number of anilines is 2. The third kappa shape index (κ3) is 6.35. The molecule has 0 saturated heterocycles. The molecule has 0 saturated carbocycles. The number of hydrogen-bond acceptors (Lipinski definition) is 4. The van der Waals surface area contributed by atoms with Crippen molar-refractivity contribution >= 4 is 11.4 Å². The van der Waals surface area contributed by atoms with Crippen molar-refractivity contribution in [3.8, 4) is 34.1 Å². The van der Waals surface area contributed by atoms with E-state index in [-0.39, 0.29) is 10.8 Å². The second kappa shape index (κ2) is 13.5. The van der Waals surface area contributed by atoms with Crippen LogP contribution in [0.2, 0.25) is 0 Å². The van der Waals surface area contributed by atoms with Gasteiger partial charge in [-0.25, -0.2) is 0 Å². The Morgan fingerprint density at radius 2 is 0.849 bits per heavy atom. The lowest BCUT2D eigenvalue weighted by Crippen LogP contribution is -2.30. The van der Waals surface area contributed by atoms with E-state index in [0.717, 1.165) is 69.5 Å². The van der Waals surface area contributed by atoms with Gasteiger partial charge in [0.25, 0.3) is 0 Å². The molecule has 0 atom stereocenters. The van der Waals surface area contributed by atoms with Crippen molar-refractivity contribution in [1.29, 1.82) is 0 Å². The van der Waals surface area contributed by atoms with Crippen LogP contribution in [0.25, 0.3) is 11.1 Å². The Kier molecular flexibility index (Phi) is 9.14. The molecule has 53 heavy (non-hydrogen) atoms. The summed E-state index contributed by atoms with van der Waals surface area (Å²) in [6.07, 6.45) is 1.65. The number of benzene rings is 6. The maximum absolute atomic E-state index is 6.79. The first-order valence-corrected chi connectivity index (χ1v) is 18.9. The van der Waals surface area contributed by atoms with Crippen molar-refractivity contribution in [2.75, 3.05) is 11.5 Å². The highest BCUT2D eigenvalue weighted by atomic mass is 16.5. The van der Waals surface area contributed by atoms with Crippen LogP contribution in [-0.4, -0.2) is 0 Å². The SMILES string of the molecule is CCc1cc(N)ccc1Oc1ccc(C2(c3ccc(Oc4ccc(N)cc4CC)c(C(C)(C)C)c3)c3ccccc3-c3ccccc32)cc1C(C)(C)C. The Morgan fingerprint density at radius 1 is 0.472 bits per heavy atom. The summed E-state index contributed by atoms with van der Waals surface area (Å²) in [6.45, 7) is 17.8. The van der Waals surface area contributed by atoms with Crippen molar-refractivity contribution in [1.82, 2.24) is 0 Å². The average Bonchev–Trinajstić information content (AvgIpc) is 3.43. The number of rotatable bonds is 8. The normalized spacial score (nSPS) is 13.4. The zero-order valence-corrected chi connectivity index (χ0v) is 32.4. The van der Waals surface area contributed by atoms with Crippen molar-refractivity contribution in [3.05, 3.63) is 166 Å². The molecule has 0 fully saturated rings. The fourth-order valence-electron chi connectivity index (χ4n) is 8.09. The second-order valence-corrected chi connectivity index (χ2v) is 16.4. The summed E-state index contributed by atoms with van der Waals surface area (Å²) < 4.78 is 13.6. The smallest absolute Gasteiger partial charge is 0.131 e. The largest absolute Gasteiger partial charge is 0.457 e. The molecule has 0 radical (unpaired) electrons. The van der Waals surface area contributed by atoms with E-state index in [4.69, 9.17) is 20.9 Å². The van der Waals surface area contributed by atoms with Gasteiger partial charge in [0.2, 0.25) is 0 Å². The Bertz CT molecular complexity index is 2160. The van der Waals surface area contributed by atoms with Crippen molar-refractivity contribution in [3.63, 3.8) is 0 Å². The van der Waals surface area contributed by atoms with E-state index in [9.17, 15) is 0 Å². The molecule has 6 aromatic rings. The standard InChI is InChI=1S/C49H52N2O2/c1-9-31-27-35(50)21-25-43(31)52-45-23-19-33(29-41(45)47(3,4)5)49(39-17-13-11-15-37(39)38-16-12-14-18-40(38)49)34-20-24-46(42(30-34)48(6,7)8)53-44-26-22-36(51)28-32(44)10-2/h11-30H,9-10,50-51H2,1-8H3. The molecule has 4 N–H and O–H groups in total. The highest BCUT2D eigenvalue weighted by Crippen LogP contribution is 2.57. The quantitative estimate of drug-likeness (QED) is 0.155. The van der Waals surface area contributed by atoms with Crippen molar-refractivity contribution in [2.24, 2.45) is 0 Å².